The molecule has 1 rings (SSSR count). The number of carbonyl (C=O) groups is 1. The predicted molar refractivity (Wildman–Crippen MR) is 62.5 cm³/mol. The fraction of sp³-hybridized carbons (Fsp3) is 0.778. The number of amides is 1. The SMILES string of the molecule is CN(CC(N)=NO)C(=O)C1CCCCS1(=O)=O. The van der Waals surface area contributed by atoms with Crippen LogP contribution in [0, 0.1) is 0 Å². The quantitative estimate of drug-likeness (QED) is 0.298. The third-order valence-electron chi connectivity index (χ3n) is 2.76. The lowest BCUT2D eigenvalue weighted by atomic mass is 10.1. The third kappa shape index (κ3) is 3.32. The molecule has 0 aromatic heterocycles. The second-order valence-corrected chi connectivity index (χ2v) is 6.44. The molecular formula is C9H17N3O4S. The van der Waals surface area contributed by atoms with Gasteiger partial charge in [0.2, 0.25) is 5.91 Å². The van der Waals surface area contributed by atoms with Gasteiger partial charge in [0.25, 0.3) is 0 Å². The summed E-state index contributed by atoms with van der Waals surface area (Å²) < 4.78 is 23.4. The van der Waals surface area contributed by atoms with E-state index in [9.17, 15) is 13.2 Å². The van der Waals surface area contributed by atoms with E-state index in [0.717, 1.165) is 6.42 Å². The smallest absolute Gasteiger partial charge is 0.241 e. The Morgan fingerprint density at radius 3 is 2.71 bits per heavy atom. The van der Waals surface area contributed by atoms with E-state index in [1.165, 1.54) is 11.9 Å². The first-order valence-corrected chi connectivity index (χ1v) is 7.03. The molecule has 1 atom stereocenters. The van der Waals surface area contributed by atoms with Crippen molar-refractivity contribution < 1.29 is 18.4 Å². The molecule has 17 heavy (non-hydrogen) atoms. The Hall–Kier alpha value is -1.31. The number of rotatable bonds is 3. The lowest BCUT2D eigenvalue weighted by molar-refractivity contribution is -0.129. The zero-order chi connectivity index (χ0) is 13.1. The van der Waals surface area contributed by atoms with Crippen LogP contribution in [0.5, 0.6) is 0 Å². The Bertz CT molecular complexity index is 418. The lowest BCUT2D eigenvalue weighted by Crippen LogP contribution is -2.46. The summed E-state index contributed by atoms with van der Waals surface area (Å²) >= 11 is 0. The second-order valence-electron chi connectivity index (χ2n) is 4.14. The van der Waals surface area contributed by atoms with E-state index in [-0.39, 0.29) is 18.1 Å². The molecule has 3 N–H and O–H groups in total. The van der Waals surface area contributed by atoms with Crippen LogP contribution in [0.15, 0.2) is 5.16 Å². The van der Waals surface area contributed by atoms with E-state index in [0.29, 0.717) is 12.8 Å². The van der Waals surface area contributed by atoms with E-state index in [4.69, 9.17) is 10.9 Å². The van der Waals surface area contributed by atoms with Gasteiger partial charge in [-0.2, -0.15) is 0 Å². The number of nitrogens with two attached hydrogens (primary N) is 1. The van der Waals surface area contributed by atoms with Crippen LogP contribution in [0.1, 0.15) is 19.3 Å². The molecule has 0 radical (unpaired) electrons. The van der Waals surface area contributed by atoms with Gasteiger partial charge in [0.15, 0.2) is 15.7 Å². The number of nitrogens with zero attached hydrogens (tertiary/aromatic N) is 2. The predicted octanol–water partition coefficient (Wildman–Crippen LogP) is -0.841. The van der Waals surface area contributed by atoms with Gasteiger partial charge in [0, 0.05) is 7.05 Å². The van der Waals surface area contributed by atoms with Crippen molar-refractivity contribution in [2.75, 3.05) is 19.3 Å². The highest BCUT2D eigenvalue weighted by Gasteiger charge is 2.36. The number of hydrogen-bond donors (Lipinski definition) is 2. The molecule has 0 saturated carbocycles. The standard InChI is InChI=1S/C9H17N3O4S/c1-12(6-8(10)11-14)9(13)7-4-2-3-5-17(7,15)16/h7,14H,2-6H2,1H3,(H2,10,11). The third-order valence-corrected chi connectivity index (χ3v) is 4.92. The molecule has 8 heteroatoms. The molecule has 0 aromatic rings. The van der Waals surface area contributed by atoms with Crippen molar-refractivity contribution in [3.63, 3.8) is 0 Å². The Labute approximate surface area is 100 Å². The van der Waals surface area contributed by atoms with Crippen LogP contribution in [0.3, 0.4) is 0 Å². The maximum atomic E-state index is 11.9. The zero-order valence-electron chi connectivity index (χ0n) is 9.66. The van der Waals surface area contributed by atoms with Crippen LogP contribution in [0.2, 0.25) is 0 Å². The van der Waals surface area contributed by atoms with Crippen molar-refractivity contribution in [2.24, 2.45) is 10.9 Å². The van der Waals surface area contributed by atoms with Crippen LogP contribution >= 0.6 is 0 Å². The molecule has 1 heterocycles. The summed E-state index contributed by atoms with van der Waals surface area (Å²) in [6.07, 6.45) is 1.69. The number of hydrogen-bond acceptors (Lipinski definition) is 5. The Morgan fingerprint density at radius 2 is 2.18 bits per heavy atom. The Balaban J connectivity index is 2.75. The van der Waals surface area contributed by atoms with Gasteiger partial charge in [-0.25, -0.2) is 8.42 Å². The van der Waals surface area contributed by atoms with E-state index in [2.05, 4.69) is 5.16 Å². The molecule has 7 nitrogen and oxygen atoms in total. The largest absolute Gasteiger partial charge is 0.409 e. The summed E-state index contributed by atoms with van der Waals surface area (Å²) in [7, 11) is -1.91. The van der Waals surface area contributed by atoms with Crippen molar-refractivity contribution in [1.82, 2.24) is 4.90 Å². The number of amidine groups is 1. The number of carbonyl (C=O) groups excluding carboxylic acids is 1. The van der Waals surface area contributed by atoms with Gasteiger partial charge in [-0.05, 0) is 12.8 Å². The van der Waals surface area contributed by atoms with E-state index in [1.54, 1.807) is 0 Å². The number of likely N-dealkylation sites (N-methyl/N-ethyl adjacent to an activating group) is 1. The summed E-state index contributed by atoms with van der Waals surface area (Å²) in [5.74, 6) is -0.564. The molecule has 0 aliphatic carbocycles. The van der Waals surface area contributed by atoms with Gasteiger partial charge in [0.1, 0.15) is 5.25 Å². The van der Waals surface area contributed by atoms with E-state index >= 15 is 0 Å². The lowest BCUT2D eigenvalue weighted by Gasteiger charge is -2.26. The molecule has 1 fully saturated rings. The van der Waals surface area contributed by atoms with Crippen molar-refractivity contribution in [1.29, 1.82) is 0 Å². The molecular weight excluding hydrogens is 246 g/mol. The minimum absolute atomic E-state index is 0.0564. The minimum atomic E-state index is -3.34. The molecule has 98 valence electrons. The number of sulfone groups is 1. The maximum absolute atomic E-state index is 11.9. The first-order chi connectivity index (χ1) is 7.88. The van der Waals surface area contributed by atoms with Crippen LogP contribution in [0.25, 0.3) is 0 Å². The van der Waals surface area contributed by atoms with Gasteiger partial charge in [-0.3, -0.25) is 4.79 Å². The molecule has 1 aliphatic heterocycles. The summed E-state index contributed by atoms with van der Waals surface area (Å²) in [6, 6.07) is 0. The highest BCUT2D eigenvalue weighted by molar-refractivity contribution is 7.92. The summed E-state index contributed by atoms with van der Waals surface area (Å²) in [5.41, 5.74) is 5.27. The highest BCUT2D eigenvalue weighted by Crippen LogP contribution is 2.20. The number of oxime groups is 1. The fourth-order valence-corrected chi connectivity index (χ4v) is 3.73. The van der Waals surface area contributed by atoms with Crippen LogP contribution in [0.4, 0.5) is 0 Å². The summed E-state index contributed by atoms with van der Waals surface area (Å²) in [4.78, 5) is 13.1. The van der Waals surface area contributed by atoms with E-state index in [1.807, 2.05) is 0 Å². The monoisotopic (exact) mass is 263 g/mol. The normalized spacial score (nSPS) is 24.3. The Morgan fingerprint density at radius 1 is 1.53 bits per heavy atom. The van der Waals surface area contributed by atoms with Gasteiger partial charge < -0.3 is 15.8 Å². The maximum Gasteiger partial charge on any atom is 0.241 e. The second kappa shape index (κ2) is 5.35. The van der Waals surface area contributed by atoms with Crippen LogP contribution in [-0.2, 0) is 14.6 Å². The summed E-state index contributed by atoms with van der Waals surface area (Å²) in [5, 5.41) is 10.1. The molecule has 1 aliphatic rings. The van der Waals surface area contributed by atoms with Crippen LogP contribution in [-0.4, -0.2) is 54.9 Å². The molecule has 0 aromatic carbocycles. The average molecular weight is 263 g/mol. The van der Waals surface area contributed by atoms with Gasteiger partial charge >= 0.3 is 0 Å². The summed E-state index contributed by atoms with van der Waals surface area (Å²) in [6.45, 7) is -0.0820. The van der Waals surface area contributed by atoms with Crippen molar-refractivity contribution in [3.05, 3.63) is 0 Å². The molecule has 1 saturated heterocycles. The minimum Gasteiger partial charge on any atom is -0.409 e. The Kier molecular flexibility index (Phi) is 4.33. The molecule has 1 unspecified atom stereocenters. The van der Waals surface area contributed by atoms with Crippen molar-refractivity contribution in [2.45, 2.75) is 24.5 Å². The topological polar surface area (TPSA) is 113 Å². The molecule has 1 amide bonds. The van der Waals surface area contributed by atoms with Crippen molar-refractivity contribution in [3.8, 4) is 0 Å². The van der Waals surface area contributed by atoms with Crippen LogP contribution < -0.4 is 5.73 Å². The molecule has 0 spiro atoms. The average Bonchev–Trinajstić information content (AvgIpc) is 2.27. The zero-order valence-corrected chi connectivity index (χ0v) is 10.5. The first-order valence-electron chi connectivity index (χ1n) is 5.31. The first kappa shape index (κ1) is 13.8. The van der Waals surface area contributed by atoms with Gasteiger partial charge in [-0.15, -0.1) is 0 Å². The molecule has 0 bridgehead atoms. The highest BCUT2D eigenvalue weighted by atomic mass is 32.2. The van der Waals surface area contributed by atoms with Gasteiger partial charge in [0.05, 0.1) is 12.3 Å². The van der Waals surface area contributed by atoms with E-state index < -0.39 is 21.0 Å². The van der Waals surface area contributed by atoms with Crippen molar-refractivity contribution >= 4 is 21.6 Å². The van der Waals surface area contributed by atoms with Gasteiger partial charge in [-0.1, -0.05) is 11.6 Å². The fourth-order valence-electron chi connectivity index (χ4n) is 1.83.